The Kier molecular flexibility index (Phi) is 12.3. The second kappa shape index (κ2) is 14.9. The fourth-order valence-electron chi connectivity index (χ4n) is 3.87. The van der Waals surface area contributed by atoms with Crippen molar-refractivity contribution in [1.82, 2.24) is 10.2 Å². The van der Waals surface area contributed by atoms with Crippen LogP contribution in [0.1, 0.15) is 29.6 Å². The summed E-state index contributed by atoms with van der Waals surface area (Å²) >= 11 is 2.00. The maximum Gasteiger partial charge on any atom is 0.247 e. The monoisotopic (exact) mass is 616 g/mol. The molecule has 1 aromatic rings. The van der Waals surface area contributed by atoms with Gasteiger partial charge in [0.15, 0.2) is 11.5 Å². The maximum atomic E-state index is 13.1. The van der Waals surface area contributed by atoms with Gasteiger partial charge in [0.1, 0.15) is 18.5 Å². The molecule has 0 saturated carbocycles. The van der Waals surface area contributed by atoms with Crippen molar-refractivity contribution in [2.75, 3.05) is 40.5 Å². The fourth-order valence-corrected chi connectivity index (χ4v) is 4.62. The normalized spacial score (nSPS) is 19.1. The summed E-state index contributed by atoms with van der Waals surface area (Å²) in [6.07, 6.45) is 2.38. The molecule has 0 saturated heterocycles. The molecule has 11 heteroatoms. The largest absolute Gasteiger partial charge is 0.493 e. The molecular weight excluding hydrogens is 583 g/mol. The van der Waals surface area contributed by atoms with Crippen LogP contribution in [0.4, 0.5) is 0 Å². The third-order valence-electron chi connectivity index (χ3n) is 5.68. The molecule has 198 valence electrons. The van der Waals surface area contributed by atoms with Crippen molar-refractivity contribution in [2.24, 2.45) is 0 Å². The van der Waals surface area contributed by atoms with Gasteiger partial charge in [0.05, 0.1) is 29.9 Å². The lowest BCUT2D eigenvalue weighted by Gasteiger charge is -2.40. The lowest BCUT2D eigenvalue weighted by molar-refractivity contribution is -0.139. The molecule has 2 rings (SSSR count). The van der Waals surface area contributed by atoms with E-state index in [9.17, 15) is 19.5 Å². The molecule has 0 aromatic heterocycles. The van der Waals surface area contributed by atoms with Crippen LogP contribution >= 0.6 is 22.6 Å². The third kappa shape index (κ3) is 7.76. The Morgan fingerprint density at radius 1 is 1.33 bits per heavy atom. The molecular formula is C25H33IN2O8. The third-order valence-corrected chi connectivity index (χ3v) is 6.48. The molecule has 3 N–H and O–H groups in total. The van der Waals surface area contributed by atoms with Crippen molar-refractivity contribution < 1.29 is 38.8 Å². The van der Waals surface area contributed by atoms with E-state index < -0.39 is 24.2 Å². The quantitative estimate of drug-likeness (QED) is 0.163. The summed E-state index contributed by atoms with van der Waals surface area (Å²) in [6, 6.07) is 2.35. The van der Waals surface area contributed by atoms with E-state index >= 15 is 0 Å². The van der Waals surface area contributed by atoms with Crippen LogP contribution < -0.4 is 14.8 Å². The van der Waals surface area contributed by atoms with Gasteiger partial charge in [-0.3, -0.25) is 14.4 Å². The highest BCUT2D eigenvalue weighted by Gasteiger charge is 2.40. The lowest BCUT2D eigenvalue weighted by atomic mass is 9.88. The van der Waals surface area contributed by atoms with Crippen molar-refractivity contribution >= 4 is 40.7 Å². The number of halogens is 1. The van der Waals surface area contributed by atoms with Gasteiger partial charge in [0.25, 0.3) is 0 Å². The molecule has 1 aliphatic carbocycles. The van der Waals surface area contributed by atoms with Crippen LogP contribution in [-0.2, 0) is 14.3 Å². The van der Waals surface area contributed by atoms with Crippen molar-refractivity contribution in [3.05, 3.63) is 45.6 Å². The molecule has 1 aliphatic rings. The van der Waals surface area contributed by atoms with E-state index in [2.05, 4.69) is 11.9 Å². The van der Waals surface area contributed by atoms with Crippen molar-refractivity contribution in [3.63, 3.8) is 0 Å². The Labute approximate surface area is 224 Å². The first-order valence-electron chi connectivity index (χ1n) is 11.5. The van der Waals surface area contributed by atoms with Crippen LogP contribution in [0.25, 0.3) is 0 Å². The van der Waals surface area contributed by atoms with Gasteiger partial charge in [0.2, 0.25) is 11.8 Å². The van der Waals surface area contributed by atoms with Crippen LogP contribution in [0.3, 0.4) is 0 Å². The van der Waals surface area contributed by atoms with E-state index in [4.69, 9.17) is 19.3 Å². The molecule has 3 atom stereocenters. The highest BCUT2D eigenvalue weighted by atomic mass is 127. The molecule has 2 amide bonds. The number of hydrogen-bond donors (Lipinski definition) is 3. The van der Waals surface area contributed by atoms with Gasteiger partial charge in [-0.2, -0.15) is 0 Å². The number of hydrogen-bond acceptors (Lipinski definition) is 8. The van der Waals surface area contributed by atoms with Gasteiger partial charge in [-0.05, 0) is 47.2 Å². The number of methoxy groups -OCH3 is 2. The number of amides is 2. The number of aliphatic hydroxyl groups is 2. The standard InChI is InChI=1S/C25H33IN2O8/c1-4-5-6-22(31)28(8-10-34-2)19-13-17(25(33)27-7-9-29)14-20(23(19)32)36-24-18(26)11-16(15-30)12-21(24)35-3/h4,11-12,14-15,19-20,23,29,32H,1,5-10,13H2,2-3H3,(H,27,33). The van der Waals surface area contributed by atoms with E-state index in [1.54, 1.807) is 12.1 Å². The predicted octanol–water partition coefficient (Wildman–Crippen LogP) is 1.47. The fraction of sp³-hybridized carbons (Fsp3) is 0.480. The Bertz CT molecular complexity index is 968. The first-order chi connectivity index (χ1) is 17.3. The van der Waals surface area contributed by atoms with Gasteiger partial charge in [-0.1, -0.05) is 6.08 Å². The average molecular weight is 616 g/mol. The first-order valence-corrected chi connectivity index (χ1v) is 12.6. The minimum Gasteiger partial charge on any atom is -0.493 e. The SMILES string of the molecule is C=CCCC(=O)N(CCOC)C1CC(C(=O)NCCO)=CC(Oc2c(I)cc(C=O)cc2OC)C1O. The van der Waals surface area contributed by atoms with E-state index in [0.29, 0.717) is 33.2 Å². The smallest absolute Gasteiger partial charge is 0.247 e. The van der Waals surface area contributed by atoms with E-state index in [1.807, 2.05) is 22.6 Å². The number of carbonyl (C=O) groups excluding carboxylic acids is 3. The Morgan fingerprint density at radius 2 is 2.08 bits per heavy atom. The summed E-state index contributed by atoms with van der Waals surface area (Å²) < 4.78 is 17.3. The van der Waals surface area contributed by atoms with Gasteiger partial charge in [-0.25, -0.2) is 0 Å². The number of aliphatic hydroxyl groups excluding tert-OH is 2. The predicted molar refractivity (Wildman–Crippen MR) is 141 cm³/mol. The molecule has 0 spiro atoms. The van der Waals surface area contributed by atoms with Crippen LogP contribution in [0, 0.1) is 3.57 Å². The number of benzene rings is 1. The highest BCUT2D eigenvalue weighted by molar-refractivity contribution is 14.1. The van der Waals surface area contributed by atoms with Crippen molar-refractivity contribution in [1.29, 1.82) is 0 Å². The van der Waals surface area contributed by atoms with Crippen molar-refractivity contribution in [2.45, 2.75) is 37.5 Å². The van der Waals surface area contributed by atoms with Gasteiger partial charge < -0.3 is 34.6 Å². The molecule has 3 unspecified atom stereocenters. The van der Waals surface area contributed by atoms with Gasteiger partial charge in [0, 0.05) is 44.2 Å². The molecule has 1 aromatic carbocycles. The van der Waals surface area contributed by atoms with Crippen LogP contribution in [0.5, 0.6) is 11.5 Å². The number of carbonyl (C=O) groups is 3. The van der Waals surface area contributed by atoms with Crippen LogP contribution in [0.2, 0.25) is 0 Å². The summed E-state index contributed by atoms with van der Waals surface area (Å²) in [5.41, 5.74) is 0.699. The number of rotatable bonds is 14. The molecule has 0 bridgehead atoms. The Balaban J connectivity index is 2.48. The molecule has 36 heavy (non-hydrogen) atoms. The summed E-state index contributed by atoms with van der Waals surface area (Å²) in [5.74, 6) is -0.0653. The van der Waals surface area contributed by atoms with E-state index in [0.717, 1.165) is 0 Å². The highest BCUT2D eigenvalue weighted by Crippen LogP contribution is 2.37. The average Bonchev–Trinajstić information content (AvgIpc) is 2.88. The minimum absolute atomic E-state index is 0.0550. The van der Waals surface area contributed by atoms with Crippen LogP contribution in [-0.4, -0.2) is 92.0 Å². The first kappa shape index (κ1) is 29.7. The van der Waals surface area contributed by atoms with E-state index in [1.165, 1.54) is 31.3 Å². The number of ether oxygens (including phenoxy) is 3. The van der Waals surface area contributed by atoms with Crippen LogP contribution in [0.15, 0.2) is 36.4 Å². The second-order valence-electron chi connectivity index (χ2n) is 8.08. The summed E-state index contributed by atoms with van der Waals surface area (Å²) in [6.45, 7) is 3.93. The minimum atomic E-state index is -1.19. The zero-order valence-corrected chi connectivity index (χ0v) is 22.6. The summed E-state index contributed by atoms with van der Waals surface area (Å²) in [5, 5.41) is 23.1. The zero-order chi connectivity index (χ0) is 26.7. The maximum absolute atomic E-state index is 13.1. The molecule has 0 radical (unpaired) electrons. The van der Waals surface area contributed by atoms with Gasteiger partial charge >= 0.3 is 0 Å². The summed E-state index contributed by atoms with van der Waals surface area (Å²) in [7, 11) is 2.95. The Hall–Kier alpha value is -2.48. The van der Waals surface area contributed by atoms with Gasteiger partial charge in [-0.15, -0.1) is 6.58 Å². The number of nitrogens with one attached hydrogen (secondary N) is 1. The molecule has 0 heterocycles. The lowest BCUT2D eigenvalue weighted by Crippen LogP contribution is -2.55. The molecule has 0 aliphatic heterocycles. The molecule has 10 nitrogen and oxygen atoms in total. The Morgan fingerprint density at radius 3 is 2.69 bits per heavy atom. The zero-order valence-electron chi connectivity index (χ0n) is 20.4. The number of allylic oxidation sites excluding steroid dienone is 1. The molecule has 0 fully saturated rings. The van der Waals surface area contributed by atoms with E-state index in [-0.39, 0.29) is 50.8 Å². The second-order valence-corrected chi connectivity index (χ2v) is 9.24. The number of nitrogens with zero attached hydrogens (tertiary/aromatic N) is 1. The van der Waals surface area contributed by atoms with Crippen molar-refractivity contribution in [3.8, 4) is 11.5 Å². The number of aldehydes is 1. The summed E-state index contributed by atoms with van der Waals surface area (Å²) in [4.78, 5) is 38.7. The topological polar surface area (TPSA) is 135 Å².